The molecule has 1 atom stereocenters. The van der Waals surface area contributed by atoms with Crippen molar-refractivity contribution < 1.29 is 14.7 Å². The third-order valence-electron chi connectivity index (χ3n) is 2.88. The summed E-state index contributed by atoms with van der Waals surface area (Å²) in [5.41, 5.74) is 0.651. The molecule has 0 aliphatic rings. The standard InChI is InChI=1S/C14H18INO3/c1-10(2-7-13(17)18)8-9-16-14(19)11-3-5-12(15)6-4-11/h3-6,10H,2,7-9H2,1H3,(H,16,19)(H,17,18). The molecule has 1 amide bonds. The van der Waals surface area contributed by atoms with Crippen molar-refractivity contribution in [2.24, 2.45) is 5.92 Å². The molecule has 0 bridgehead atoms. The number of hydrogen-bond acceptors (Lipinski definition) is 2. The van der Waals surface area contributed by atoms with Gasteiger partial charge in [-0.15, -0.1) is 0 Å². The molecule has 0 heterocycles. The second-order valence-electron chi connectivity index (χ2n) is 4.59. The summed E-state index contributed by atoms with van der Waals surface area (Å²) in [4.78, 5) is 22.2. The highest BCUT2D eigenvalue weighted by atomic mass is 127. The summed E-state index contributed by atoms with van der Waals surface area (Å²) in [5, 5.41) is 11.4. The third-order valence-corrected chi connectivity index (χ3v) is 3.60. The first-order valence-corrected chi connectivity index (χ1v) is 7.32. The molecule has 0 radical (unpaired) electrons. The Morgan fingerprint density at radius 1 is 1.26 bits per heavy atom. The molecular formula is C14H18INO3. The highest BCUT2D eigenvalue weighted by Gasteiger charge is 2.08. The van der Waals surface area contributed by atoms with Gasteiger partial charge in [0.1, 0.15) is 0 Å². The van der Waals surface area contributed by atoms with Crippen LogP contribution in [0, 0.1) is 9.49 Å². The largest absolute Gasteiger partial charge is 0.481 e. The van der Waals surface area contributed by atoms with Crippen LogP contribution in [-0.4, -0.2) is 23.5 Å². The van der Waals surface area contributed by atoms with Crippen molar-refractivity contribution in [2.45, 2.75) is 26.2 Å². The van der Waals surface area contributed by atoms with Gasteiger partial charge in [-0.3, -0.25) is 9.59 Å². The minimum absolute atomic E-state index is 0.0816. The normalized spacial score (nSPS) is 11.9. The topological polar surface area (TPSA) is 66.4 Å². The molecule has 104 valence electrons. The maximum atomic E-state index is 11.8. The van der Waals surface area contributed by atoms with Crippen LogP contribution in [0.4, 0.5) is 0 Å². The van der Waals surface area contributed by atoms with E-state index in [0.29, 0.717) is 24.4 Å². The number of hydrogen-bond donors (Lipinski definition) is 2. The van der Waals surface area contributed by atoms with Crippen LogP contribution in [0.2, 0.25) is 0 Å². The van der Waals surface area contributed by atoms with Gasteiger partial charge in [0.15, 0.2) is 0 Å². The molecule has 1 aromatic rings. The SMILES string of the molecule is CC(CCNC(=O)c1ccc(I)cc1)CCC(=O)O. The molecule has 0 aromatic heterocycles. The summed E-state index contributed by atoms with van der Waals surface area (Å²) >= 11 is 2.19. The highest BCUT2D eigenvalue weighted by molar-refractivity contribution is 14.1. The molecule has 19 heavy (non-hydrogen) atoms. The summed E-state index contributed by atoms with van der Waals surface area (Å²) in [5.74, 6) is -0.551. The Morgan fingerprint density at radius 2 is 1.89 bits per heavy atom. The Bertz CT molecular complexity index is 431. The molecule has 4 nitrogen and oxygen atoms in total. The Hall–Kier alpha value is -1.11. The smallest absolute Gasteiger partial charge is 0.303 e. The Labute approximate surface area is 126 Å². The van der Waals surface area contributed by atoms with Crippen molar-refractivity contribution in [1.82, 2.24) is 5.32 Å². The molecule has 0 spiro atoms. The zero-order chi connectivity index (χ0) is 14.3. The lowest BCUT2D eigenvalue weighted by Crippen LogP contribution is -2.25. The van der Waals surface area contributed by atoms with Crippen molar-refractivity contribution in [2.75, 3.05) is 6.54 Å². The van der Waals surface area contributed by atoms with Crippen molar-refractivity contribution in [3.8, 4) is 0 Å². The van der Waals surface area contributed by atoms with Crippen molar-refractivity contribution in [3.05, 3.63) is 33.4 Å². The van der Waals surface area contributed by atoms with E-state index < -0.39 is 5.97 Å². The monoisotopic (exact) mass is 375 g/mol. The van der Waals surface area contributed by atoms with Crippen LogP contribution in [-0.2, 0) is 4.79 Å². The van der Waals surface area contributed by atoms with Gasteiger partial charge in [-0.1, -0.05) is 6.92 Å². The van der Waals surface area contributed by atoms with Gasteiger partial charge in [-0.2, -0.15) is 0 Å². The summed E-state index contributed by atoms with van der Waals surface area (Å²) in [6.45, 7) is 2.57. The Kier molecular flexibility index (Phi) is 6.83. The quantitative estimate of drug-likeness (QED) is 0.721. The number of halogens is 1. The first-order valence-electron chi connectivity index (χ1n) is 6.24. The molecule has 1 aromatic carbocycles. The number of amides is 1. The van der Waals surface area contributed by atoms with Gasteiger partial charge in [0.25, 0.3) is 5.91 Å². The minimum Gasteiger partial charge on any atom is -0.481 e. The van der Waals surface area contributed by atoms with Gasteiger partial charge in [0.2, 0.25) is 0 Å². The molecule has 0 aliphatic carbocycles. The molecule has 1 rings (SSSR count). The van der Waals surface area contributed by atoms with Crippen LogP contribution in [0.1, 0.15) is 36.5 Å². The molecule has 0 saturated carbocycles. The first-order chi connectivity index (χ1) is 8.99. The predicted molar refractivity (Wildman–Crippen MR) is 82.1 cm³/mol. The maximum absolute atomic E-state index is 11.8. The number of carboxylic acids is 1. The molecule has 0 saturated heterocycles. The van der Waals surface area contributed by atoms with E-state index in [1.54, 1.807) is 12.1 Å². The first kappa shape index (κ1) is 15.9. The summed E-state index contributed by atoms with van der Waals surface area (Å²) in [7, 11) is 0. The fourth-order valence-corrected chi connectivity index (χ4v) is 2.01. The summed E-state index contributed by atoms with van der Waals surface area (Å²) in [6, 6.07) is 7.38. The fourth-order valence-electron chi connectivity index (χ4n) is 1.65. The Morgan fingerprint density at radius 3 is 2.47 bits per heavy atom. The van der Waals surface area contributed by atoms with Gasteiger partial charge >= 0.3 is 5.97 Å². The van der Waals surface area contributed by atoms with E-state index in [1.807, 2.05) is 19.1 Å². The zero-order valence-electron chi connectivity index (χ0n) is 10.9. The lowest BCUT2D eigenvalue weighted by Gasteiger charge is -2.10. The number of carboxylic acid groups (broad SMARTS) is 1. The van der Waals surface area contributed by atoms with E-state index in [0.717, 1.165) is 9.99 Å². The van der Waals surface area contributed by atoms with Crippen LogP contribution in [0.25, 0.3) is 0 Å². The zero-order valence-corrected chi connectivity index (χ0v) is 13.0. The van der Waals surface area contributed by atoms with E-state index in [4.69, 9.17) is 5.11 Å². The predicted octanol–water partition coefficient (Wildman–Crippen LogP) is 2.91. The van der Waals surface area contributed by atoms with Crippen molar-refractivity contribution in [1.29, 1.82) is 0 Å². The number of aliphatic carboxylic acids is 1. The van der Waals surface area contributed by atoms with Crippen LogP contribution < -0.4 is 5.32 Å². The van der Waals surface area contributed by atoms with E-state index in [-0.39, 0.29) is 12.3 Å². The van der Waals surface area contributed by atoms with Gasteiger partial charge in [-0.25, -0.2) is 0 Å². The second kappa shape index (κ2) is 8.14. The minimum atomic E-state index is -0.769. The van der Waals surface area contributed by atoms with Crippen LogP contribution in [0.15, 0.2) is 24.3 Å². The molecule has 0 aliphatic heterocycles. The lowest BCUT2D eigenvalue weighted by molar-refractivity contribution is -0.137. The van der Waals surface area contributed by atoms with Gasteiger partial charge in [0.05, 0.1) is 0 Å². The number of rotatable bonds is 7. The highest BCUT2D eigenvalue weighted by Crippen LogP contribution is 2.10. The summed E-state index contributed by atoms with van der Waals surface area (Å²) in [6.07, 6.45) is 1.63. The average Bonchev–Trinajstić information content (AvgIpc) is 2.37. The lowest BCUT2D eigenvalue weighted by atomic mass is 10.0. The molecule has 2 N–H and O–H groups in total. The second-order valence-corrected chi connectivity index (χ2v) is 5.83. The third kappa shape index (κ3) is 6.56. The van der Waals surface area contributed by atoms with E-state index in [1.165, 1.54) is 0 Å². The van der Waals surface area contributed by atoms with Crippen molar-refractivity contribution >= 4 is 34.5 Å². The van der Waals surface area contributed by atoms with Crippen molar-refractivity contribution in [3.63, 3.8) is 0 Å². The average molecular weight is 375 g/mol. The number of benzene rings is 1. The van der Waals surface area contributed by atoms with Crippen LogP contribution in [0.5, 0.6) is 0 Å². The van der Waals surface area contributed by atoms with Gasteiger partial charge < -0.3 is 10.4 Å². The van der Waals surface area contributed by atoms with E-state index in [9.17, 15) is 9.59 Å². The molecular weight excluding hydrogens is 357 g/mol. The number of nitrogens with one attached hydrogen (secondary N) is 1. The summed E-state index contributed by atoms with van der Waals surface area (Å²) < 4.78 is 1.09. The van der Waals surface area contributed by atoms with Crippen LogP contribution >= 0.6 is 22.6 Å². The van der Waals surface area contributed by atoms with E-state index in [2.05, 4.69) is 27.9 Å². The number of carbonyl (C=O) groups is 2. The molecule has 5 heteroatoms. The van der Waals surface area contributed by atoms with E-state index >= 15 is 0 Å². The van der Waals surface area contributed by atoms with Crippen LogP contribution in [0.3, 0.4) is 0 Å². The fraction of sp³-hybridized carbons (Fsp3) is 0.429. The molecule has 0 fully saturated rings. The molecule has 1 unspecified atom stereocenters. The van der Waals surface area contributed by atoms with Gasteiger partial charge in [0, 0.05) is 22.1 Å². The maximum Gasteiger partial charge on any atom is 0.303 e. The number of carbonyl (C=O) groups excluding carboxylic acids is 1. The Balaban J connectivity index is 2.27. The van der Waals surface area contributed by atoms with Gasteiger partial charge in [-0.05, 0) is 65.6 Å².